The van der Waals surface area contributed by atoms with E-state index in [4.69, 9.17) is 10.2 Å². The fourth-order valence-corrected chi connectivity index (χ4v) is 1.38. The quantitative estimate of drug-likeness (QED) is 0.688. The lowest BCUT2D eigenvalue weighted by Gasteiger charge is -2.12. The second kappa shape index (κ2) is 6.12. The van der Waals surface area contributed by atoms with E-state index in [9.17, 15) is 4.79 Å². The van der Waals surface area contributed by atoms with E-state index in [1.807, 2.05) is 13.0 Å². The molecule has 0 aliphatic heterocycles. The van der Waals surface area contributed by atoms with Gasteiger partial charge in [0, 0.05) is 18.8 Å². The van der Waals surface area contributed by atoms with Gasteiger partial charge in [0.1, 0.15) is 0 Å². The molecular formula is C12H17NO3. The third-order valence-electron chi connectivity index (χ3n) is 2.39. The first-order valence-electron chi connectivity index (χ1n) is 5.31. The van der Waals surface area contributed by atoms with Crippen LogP contribution in [0.4, 0.5) is 5.69 Å². The Balaban J connectivity index is 2.54. The molecule has 0 aliphatic carbocycles. The lowest BCUT2D eigenvalue weighted by molar-refractivity contribution is 0.0697. The molecule has 0 aromatic heterocycles. The summed E-state index contributed by atoms with van der Waals surface area (Å²) in [5.41, 5.74) is 1.07. The Labute approximate surface area is 94.9 Å². The number of carboxylic acids is 1. The second-order valence-corrected chi connectivity index (χ2v) is 3.88. The summed E-state index contributed by atoms with van der Waals surface area (Å²) in [6.07, 6.45) is 0.742. The molecule has 1 aromatic carbocycles. The average molecular weight is 223 g/mol. The van der Waals surface area contributed by atoms with Crippen molar-refractivity contribution in [2.45, 2.75) is 13.3 Å². The molecular weight excluding hydrogens is 206 g/mol. The summed E-state index contributed by atoms with van der Waals surface area (Å²) in [5, 5.41) is 20.7. The minimum absolute atomic E-state index is 0.179. The van der Waals surface area contributed by atoms with Gasteiger partial charge in [0.25, 0.3) is 0 Å². The summed E-state index contributed by atoms with van der Waals surface area (Å²) in [5.74, 6) is -0.564. The van der Waals surface area contributed by atoms with Gasteiger partial charge in [-0.15, -0.1) is 0 Å². The number of benzene rings is 1. The fourth-order valence-electron chi connectivity index (χ4n) is 1.38. The number of rotatable bonds is 6. The number of aliphatic hydroxyl groups excluding tert-OH is 1. The Hall–Kier alpha value is -1.55. The van der Waals surface area contributed by atoms with Gasteiger partial charge in [-0.05, 0) is 30.5 Å². The highest BCUT2D eigenvalue weighted by atomic mass is 16.4. The van der Waals surface area contributed by atoms with Crippen LogP contribution in [0.15, 0.2) is 24.3 Å². The van der Waals surface area contributed by atoms with Crippen LogP contribution >= 0.6 is 0 Å². The van der Waals surface area contributed by atoms with Crippen molar-refractivity contribution in [3.8, 4) is 0 Å². The zero-order valence-electron chi connectivity index (χ0n) is 9.31. The molecule has 3 N–H and O–H groups in total. The first-order chi connectivity index (χ1) is 7.63. The molecule has 1 atom stereocenters. The average Bonchev–Trinajstić information content (AvgIpc) is 2.27. The third kappa shape index (κ3) is 3.90. The molecule has 0 fully saturated rings. The highest BCUT2D eigenvalue weighted by Gasteiger charge is 2.04. The molecule has 1 unspecified atom stereocenters. The molecule has 1 rings (SSSR count). The fraction of sp³-hybridized carbons (Fsp3) is 0.417. The normalized spacial score (nSPS) is 12.1. The number of carboxylic acid groups (broad SMARTS) is 1. The smallest absolute Gasteiger partial charge is 0.335 e. The highest BCUT2D eigenvalue weighted by Crippen LogP contribution is 2.12. The molecule has 0 saturated heterocycles. The minimum atomic E-state index is -0.924. The van der Waals surface area contributed by atoms with Crippen molar-refractivity contribution in [3.63, 3.8) is 0 Å². The van der Waals surface area contributed by atoms with Crippen molar-refractivity contribution in [2.75, 3.05) is 18.5 Å². The standard InChI is InChI=1S/C12H17NO3/c1-9(5-6-14)8-13-11-4-2-3-10(7-11)12(15)16/h2-4,7,9,13-14H,5-6,8H2,1H3,(H,15,16). The second-order valence-electron chi connectivity index (χ2n) is 3.88. The number of anilines is 1. The molecule has 0 radical (unpaired) electrons. The van der Waals surface area contributed by atoms with Crippen LogP contribution in [0.1, 0.15) is 23.7 Å². The maximum Gasteiger partial charge on any atom is 0.335 e. The topological polar surface area (TPSA) is 69.6 Å². The number of carbonyl (C=O) groups is 1. The Kier molecular flexibility index (Phi) is 4.79. The molecule has 0 spiro atoms. The van der Waals surface area contributed by atoms with Crippen LogP contribution in [0.3, 0.4) is 0 Å². The van der Waals surface area contributed by atoms with Gasteiger partial charge in [-0.1, -0.05) is 13.0 Å². The van der Waals surface area contributed by atoms with Crippen molar-refractivity contribution >= 4 is 11.7 Å². The van der Waals surface area contributed by atoms with Crippen LogP contribution < -0.4 is 5.32 Å². The number of aliphatic hydroxyl groups is 1. The summed E-state index contributed by atoms with van der Waals surface area (Å²) in [7, 11) is 0. The summed E-state index contributed by atoms with van der Waals surface area (Å²) in [6, 6.07) is 6.71. The maximum atomic E-state index is 10.7. The van der Waals surface area contributed by atoms with Crippen LogP contribution in [0.2, 0.25) is 0 Å². The van der Waals surface area contributed by atoms with Crippen molar-refractivity contribution in [3.05, 3.63) is 29.8 Å². The predicted molar refractivity (Wildman–Crippen MR) is 62.8 cm³/mol. The molecule has 0 heterocycles. The maximum absolute atomic E-state index is 10.7. The molecule has 1 aromatic rings. The molecule has 0 aliphatic rings. The predicted octanol–water partition coefficient (Wildman–Crippen LogP) is 1.82. The largest absolute Gasteiger partial charge is 0.478 e. The first-order valence-corrected chi connectivity index (χ1v) is 5.31. The van der Waals surface area contributed by atoms with Gasteiger partial charge in [0.2, 0.25) is 0 Å². The van der Waals surface area contributed by atoms with Gasteiger partial charge in [-0.2, -0.15) is 0 Å². The summed E-state index contributed by atoms with van der Waals surface area (Å²) in [6.45, 7) is 2.94. The Morgan fingerprint density at radius 2 is 2.25 bits per heavy atom. The molecule has 88 valence electrons. The minimum Gasteiger partial charge on any atom is -0.478 e. The Bertz CT molecular complexity index is 352. The van der Waals surface area contributed by atoms with Crippen LogP contribution in [-0.4, -0.2) is 29.3 Å². The van der Waals surface area contributed by atoms with E-state index < -0.39 is 5.97 Å². The van der Waals surface area contributed by atoms with Gasteiger partial charge in [-0.25, -0.2) is 4.79 Å². The van der Waals surface area contributed by atoms with Crippen molar-refractivity contribution in [1.29, 1.82) is 0 Å². The lowest BCUT2D eigenvalue weighted by Crippen LogP contribution is -2.12. The number of hydrogen-bond acceptors (Lipinski definition) is 3. The number of nitrogens with one attached hydrogen (secondary N) is 1. The number of aromatic carboxylic acids is 1. The Morgan fingerprint density at radius 1 is 1.50 bits per heavy atom. The zero-order valence-corrected chi connectivity index (χ0v) is 9.31. The van der Waals surface area contributed by atoms with Crippen LogP contribution in [-0.2, 0) is 0 Å². The lowest BCUT2D eigenvalue weighted by atomic mass is 10.1. The van der Waals surface area contributed by atoms with Crippen molar-refractivity contribution < 1.29 is 15.0 Å². The highest BCUT2D eigenvalue weighted by molar-refractivity contribution is 5.88. The van der Waals surface area contributed by atoms with Crippen LogP contribution in [0, 0.1) is 5.92 Å². The monoisotopic (exact) mass is 223 g/mol. The van der Waals surface area contributed by atoms with Crippen molar-refractivity contribution in [1.82, 2.24) is 0 Å². The molecule has 0 saturated carbocycles. The van der Waals surface area contributed by atoms with E-state index in [1.54, 1.807) is 18.2 Å². The molecule has 0 amide bonds. The SMILES string of the molecule is CC(CCO)CNc1cccc(C(=O)O)c1. The van der Waals surface area contributed by atoms with Crippen LogP contribution in [0.5, 0.6) is 0 Å². The molecule has 4 heteroatoms. The van der Waals surface area contributed by atoms with Gasteiger partial charge >= 0.3 is 5.97 Å². The van der Waals surface area contributed by atoms with E-state index in [-0.39, 0.29) is 12.2 Å². The van der Waals surface area contributed by atoms with E-state index >= 15 is 0 Å². The number of hydrogen-bond donors (Lipinski definition) is 3. The summed E-state index contributed by atoms with van der Waals surface area (Å²) in [4.78, 5) is 10.7. The van der Waals surface area contributed by atoms with Gasteiger partial charge in [0.05, 0.1) is 5.56 Å². The van der Waals surface area contributed by atoms with Gasteiger partial charge in [-0.3, -0.25) is 0 Å². The van der Waals surface area contributed by atoms with Gasteiger partial charge in [0.15, 0.2) is 0 Å². The van der Waals surface area contributed by atoms with E-state index in [0.29, 0.717) is 5.92 Å². The zero-order chi connectivity index (χ0) is 12.0. The summed E-state index contributed by atoms with van der Waals surface area (Å²) >= 11 is 0. The third-order valence-corrected chi connectivity index (χ3v) is 2.39. The molecule has 16 heavy (non-hydrogen) atoms. The van der Waals surface area contributed by atoms with Crippen LogP contribution in [0.25, 0.3) is 0 Å². The van der Waals surface area contributed by atoms with E-state index in [1.165, 1.54) is 0 Å². The molecule has 0 bridgehead atoms. The molecule has 4 nitrogen and oxygen atoms in total. The first kappa shape index (κ1) is 12.5. The Morgan fingerprint density at radius 3 is 2.88 bits per heavy atom. The summed E-state index contributed by atoms with van der Waals surface area (Å²) < 4.78 is 0. The van der Waals surface area contributed by atoms with Gasteiger partial charge < -0.3 is 15.5 Å². The van der Waals surface area contributed by atoms with E-state index in [0.717, 1.165) is 18.7 Å². The van der Waals surface area contributed by atoms with E-state index in [2.05, 4.69) is 5.32 Å². The van der Waals surface area contributed by atoms with Crippen molar-refractivity contribution in [2.24, 2.45) is 5.92 Å².